The molecule has 0 aliphatic rings. The molecule has 20 heteroatoms. The van der Waals surface area contributed by atoms with Crippen molar-refractivity contribution in [2.24, 2.45) is 10.3 Å². The van der Waals surface area contributed by atoms with Crippen LogP contribution < -0.4 is 9.47 Å². The standard InChI is InChI=1S/C26H32N2O14S4/c1-35-19-5-9-21(10-6-19)45(31,32)41-27-23(25(29)37-3)43-17-15-39-13-14-40-16-18-44-24(26(30)38-4)28-42-46(33,34)22-11-7-20(36-2)8-12-22/h5-12H,13-18H2,1-4H3. The fourth-order valence-electron chi connectivity index (χ4n) is 2.87. The van der Waals surface area contributed by atoms with Gasteiger partial charge in [0, 0.05) is 11.5 Å². The predicted octanol–water partition coefficient (Wildman–Crippen LogP) is 2.29. The molecule has 0 bridgehead atoms. The number of benzene rings is 2. The third-order valence-corrected chi connectivity index (χ3v) is 9.17. The molecule has 0 aliphatic heterocycles. The van der Waals surface area contributed by atoms with E-state index in [4.69, 9.17) is 18.9 Å². The van der Waals surface area contributed by atoms with Gasteiger partial charge in [-0.2, -0.15) is 16.8 Å². The van der Waals surface area contributed by atoms with Gasteiger partial charge in [0.25, 0.3) is 0 Å². The zero-order valence-electron chi connectivity index (χ0n) is 25.1. The molecule has 16 nitrogen and oxygen atoms in total. The molecule has 0 saturated carbocycles. The summed E-state index contributed by atoms with van der Waals surface area (Å²) in [5.41, 5.74) is 0. The summed E-state index contributed by atoms with van der Waals surface area (Å²) in [5, 5.41) is 6.23. The van der Waals surface area contributed by atoms with E-state index in [1.54, 1.807) is 0 Å². The molecule has 2 aromatic rings. The highest BCUT2D eigenvalue weighted by atomic mass is 32.2. The zero-order valence-corrected chi connectivity index (χ0v) is 28.4. The number of hydrogen-bond donors (Lipinski definition) is 0. The van der Waals surface area contributed by atoms with Gasteiger partial charge in [-0.3, -0.25) is 8.57 Å². The first-order valence-electron chi connectivity index (χ1n) is 12.9. The van der Waals surface area contributed by atoms with Crippen molar-refractivity contribution in [3.05, 3.63) is 48.5 Å². The molecule has 0 fully saturated rings. The highest BCUT2D eigenvalue weighted by molar-refractivity contribution is 8.16. The average molecular weight is 725 g/mol. The summed E-state index contributed by atoms with van der Waals surface area (Å²) in [5.74, 6) is -0.491. The molecule has 2 rings (SSSR count). The molecule has 0 spiro atoms. The lowest BCUT2D eigenvalue weighted by molar-refractivity contribution is -0.133. The maximum absolute atomic E-state index is 12.4. The third-order valence-electron chi connectivity index (χ3n) is 5.16. The Bertz CT molecular complexity index is 1430. The Kier molecular flexibility index (Phi) is 16.7. The second kappa shape index (κ2) is 19.8. The van der Waals surface area contributed by atoms with Crippen molar-refractivity contribution in [1.29, 1.82) is 0 Å². The van der Waals surface area contributed by atoms with Crippen LogP contribution in [0.2, 0.25) is 0 Å². The number of hydrogen-bond acceptors (Lipinski definition) is 18. The summed E-state index contributed by atoms with van der Waals surface area (Å²) in [4.78, 5) is 23.6. The van der Waals surface area contributed by atoms with Crippen molar-refractivity contribution in [2.45, 2.75) is 9.79 Å². The fraction of sp³-hybridized carbons (Fsp3) is 0.385. The molecule has 0 aliphatic carbocycles. The number of ether oxygens (including phenoxy) is 6. The van der Waals surface area contributed by atoms with E-state index in [0.29, 0.717) is 11.5 Å². The number of carbonyl (C=O) groups excluding carboxylic acids is 2. The van der Waals surface area contributed by atoms with Gasteiger partial charge in [0.1, 0.15) is 21.3 Å². The smallest absolute Gasteiger partial charge is 0.366 e. The summed E-state index contributed by atoms with van der Waals surface area (Å²) < 4.78 is 88.9. The van der Waals surface area contributed by atoms with Crippen molar-refractivity contribution in [3.63, 3.8) is 0 Å². The van der Waals surface area contributed by atoms with Gasteiger partial charge < -0.3 is 28.4 Å². The van der Waals surface area contributed by atoms with Crippen LogP contribution in [0.1, 0.15) is 0 Å². The minimum atomic E-state index is -4.29. The molecule has 0 N–H and O–H groups in total. The fourth-order valence-corrected chi connectivity index (χ4v) is 5.79. The minimum Gasteiger partial charge on any atom is -0.497 e. The van der Waals surface area contributed by atoms with Gasteiger partial charge >= 0.3 is 32.2 Å². The normalized spacial score (nSPS) is 12.3. The average Bonchev–Trinajstić information content (AvgIpc) is 3.07. The molecule has 0 atom stereocenters. The monoisotopic (exact) mass is 724 g/mol. The van der Waals surface area contributed by atoms with E-state index in [0.717, 1.165) is 37.7 Å². The molecular formula is C26H32N2O14S4. The van der Waals surface area contributed by atoms with E-state index in [1.807, 2.05) is 0 Å². The molecule has 0 unspecified atom stereocenters. The summed E-state index contributed by atoms with van der Waals surface area (Å²) in [6, 6.07) is 10.8. The maximum atomic E-state index is 12.4. The van der Waals surface area contributed by atoms with Crippen LogP contribution in [0.15, 0.2) is 68.6 Å². The molecule has 0 radical (unpaired) electrons. The highest BCUT2D eigenvalue weighted by Crippen LogP contribution is 2.20. The number of rotatable bonds is 17. The van der Waals surface area contributed by atoms with Crippen molar-refractivity contribution in [2.75, 3.05) is 66.4 Å². The molecular weight excluding hydrogens is 693 g/mol. The highest BCUT2D eigenvalue weighted by Gasteiger charge is 2.21. The largest absolute Gasteiger partial charge is 0.497 e. The van der Waals surface area contributed by atoms with Gasteiger partial charge in [0.2, 0.25) is 10.1 Å². The van der Waals surface area contributed by atoms with Gasteiger partial charge in [-0.25, -0.2) is 9.59 Å². The summed E-state index contributed by atoms with van der Waals surface area (Å²) in [6.45, 7) is 0.616. The first kappa shape index (κ1) is 38.6. The number of oxime groups is 2. The molecule has 0 saturated heterocycles. The van der Waals surface area contributed by atoms with E-state index >= 15 is 0 Å². The van der Waals surface area contributed by atoms with Crippen molar-refractivity contribution < 1.29 is 63.4 Å². The van der Waals surface area contributed by atoms with Gasteiger partial charge in [-0.1, -0.05) is 33.8 Å². The first-order valence-corrected chi connectivity index (χ1v) is 17.6. The van der Waals surface area contributed by atoms with E-state index < -0.39 is 32.2 Å². The number of esters is 2. The lowest BCUT2D eigenvalue weighted by Crippen LogP contribution is -2.17. The van der Waals surface area contributed by atoms with Crippen LogP contribution in [0.3, 0.4) is 0 Å². The van der Waals surface area contributed by atoms with Crippen LogP contribution in [0.5, 0.6) is 11.5 Å². The third kappa shape index (κ3) is 13.0. The first-order chi connectivity index (χ1) is 22.0. The molecule has 2 aromatic carbocycles. The number of nitrogens with zero attached hydrogens (tertiary/aromatic N) is 2. The van der Waals surface area contributed by atoms with Crippen LogP contribution in [0, 0.1) is 0 Å². The molecule has 0 amide bonds. The van der Waals surface area contributed by atoms with E-state index in [1.165, 1.54) is 62.8 Å². The minimum absolute atomic E-state index is 0.142. The number of methoxy groups -OCH3 is 4. The zero-order chi connectivity index (χ0) is 34.0. The number of thioether (sulfide) groups is 2. The molecule has 0 heterocycles. The van der Waals surface area contributed by atoms with Gasteiger partial charge in [0.05, 0.1) is 54.9 Å². The van der Waals surface area contributed by atoms with Gasteiger partial charge in [0.15, 0.2) is 0 Å². The second-order valence-electron chi connectivity index (χ2n) is 8.11. The SMILES string of the molecule is COC(=O)C(=NOS(=O)(=O)c1ccc(OC)cc1)SCCOCCOCCSC(=NOS(=O)(=O)c1ccc(OC)cc1)C(=O)OC. The van der Waals surface area contributed by atoms with Crippen LogP contribution in [0.25, 0.3) is 0 Å². The van der Waals surface area contributed by atoms with Crippen LogP contribution in [-0.4, -0.2) is 105 Å². The van der Waals surface area contributed by atoms with Crippen LogP contribution >= 0.6 is 23.5 Å². The Balaban J connectivity index is 1.73. The summed E-state index contributed by atoms with van der Waals surface area (Å²) >= 11 is 1.72. The summed E-state index contributed by atoms with van der Waals surface area (Å²) in [6.07, 6.45) is 0. The van der Waals surface area contributed by atoms with Crippen molar-refractivity contribution in [1.82, 2.24) is 0 Å². The Hall–Kier alpha value is -3.56. The predicted molar refractivity (Wildman–Crippen MR) is 168 cm³/mol. The molecule has 46 heavy (non-hydrogen) atoms. The lowest BCUT2D eigenvalue weighted by Gasteiger charge is -2.08. The molecule has 0 aromatic heterocycles. The number of carbonyl (C=O) groups is 2. The quantitative estimate of drug-likeness (QED) is 0.0755. The Morgan fingerprint density at radius 3 is 1.24 bits per heavy atom. The van der Waals surface area contributed by atoms with Crippen LogP contribution in [0.4, 0.5) is 0 Å². The van der Waals surface area contributed by atoms with E-state index in [9.17, 15) is 26.4 Å². The van der Waals surface area contributed by atoms with E-state index in [-0.39, 0.29) is 57.8 Å². The topological polar surface area (TPSA) is 201 Å². The maximum Gasteiger partial charge on any atom is 0.366 e. The van der Waals surface area contributed by atoms with E-state index in [2.05, 4.69) is 28.4 Å². The van der Waals surface area contributed by atoms with Crippen molar-refractivity contribution >= 4 is 65.8 Å². The summed E-state index contributed by atoms with van der Waals surface area (Å²) in [7, 11) is -3.49. The lowest BCUT2D eigenvalue weighted by atomic mass is 10.3. The van der Waals surface area contributed by atoms with Crippen LogP contribution in [-0.2, 0) is 57.3 Å². The Morgan fingerprint density at radius 1 is 0.587 bits per heavy atom. The van der Waals surface area contributed by atoms with Gasteiger partial charge in [-0.15, -0.1) is 0 Å². The Labute approximate surface area is 274 Å². The Morgan fingerprint density at radius 2 is 0.935 bits per heavy atom. The second-order valence-corrected chi connectivity index (χ2v) is 13.3. The molecule has 254 valence electrons. The van der Waals surface area contributed by atoms with Crippen molar-refractivity contribution in [3.8, 4) is 11.5 Å². The van der Waals surface area contributed by atoms with Gasteiger partial charge in [-0.05, 0) is 48.5 Å².